The Labute approximate surface area is 256 Å². The fourth-order valence-corrected chi connectivity index (χ4v) is 4.61. The SMILES string of the molecule is C=CCCc1cnc(-c2ccc(-c3ccc(-c4cc(F)c(C(F)(F)Oc5cc(F)c(Cl)c(F)c5)c(F)c4)c(F)c3)c(F)c2)nc1. The largest absolute Gasteiger partial charge is 0.432 e. The third kappa shape index (κ3) is 6.68. The summed E-state index contributed by atoms with van der Waals surface area (Å²) in [6.45, 7) is 3.66. The van der Waals surface area contributed by atoms with Crippen LogP contribution in [0.3, 0.4) is 0 Å². The predicted molar refractivity (Wildman–Crippen MR) is 153 cm³/mol. The molecule has 0 aliphatic carbocycles. The second-order valence-corrected chi connectivity index (χ2v) is 10.1. The van der Waals surface area contributed by atoms with Crippen molar-refractivity contribution in [3.8, 4) is 39.4 Å². The molecule has 3 nitrogen and oxygen atoms in total. The van der Waals surface area contributed by atoms with Crippen LogP contribution in [0.25, 0.3) is 33.6 Å². The van der Waals surface area contributed by atoms with Crippen LogP contribution in [0.2, 0.25) is 5.02 Å². The van der Waals surface area contributed by atoms with E-state index in [4.69, 9.17) is 11.6 Å². The van der Waals surface area contributed by atoms with Gasteiger partial charge in [0.1, 0.15) is 51.2 Å². The molecule has 0 fully saturated rings. The van der Waals surface area contributed by atoms with Gasteiger partial charge in [-0.1, -0.05) is 41.9 Å². The minimum atomic E-state index is -4.73. The molecule has 0 amide bonds. The number of allylic oxidation sites excluding steroid dienone is 1. The Kier molecular flexibility index (Phi) is 8.92. The third-order valence-electron chi connectivity index (χ3n) is 6.70. The summed E-state index contributed by atoms with van der Waals surface area (Å²) < 4.78 is 121. The summed E-state index contributed by atoms with van der Waals surface area (Å²) in [5, 5.41) is -0.990. The average Bonchev–Trinajstić information content (AvgIpc) is 2.98. The number of benzene rings is 4. The molecule has 0 aliphatic heterocycles. The van der Waals surface area contributed by atoms with E-state index in [0.29, 0.717) is 36.2 Å². The van der Waals surface area contributed by atoms with Crippen LogP contribution in [0.15, 0.2) is 85.7 Å². The van der Waals surface area contributed by atoms with Crippen molar-refractivity contribution < 1.29 is 39.9 Å². The molecule has 45 heavy (non-hydrogen) atoms. The molecule has 0 unspecified atom stereocenters. The first-order valence-corrected chi connectivity index (χ1v) is 13.5. The highest BCUT2D eigenvalue weighted by Crippen LogP contribution is 2.39. The second kappa shape index (κ2) is 12.7. The number of rotatable bonds is 9. The standard InChI is InChI=1S/C33H19ClF8N2O/c1-2-3-4-17-15-43-32(44-16-17)19-6-8-22(25(36)10-19)18-5-7-23(24(35)9-18)20-11-26(37)30(27(38)12-20)33(41,42)45-21-13-28(39)31(34)29(40)14-21/h2,5-16H,1,3-4H2. The fraction of sp³-hybridized carbons (Fsp3) is 0.0909. The summed E-state index contributed by atoms with van der Waals surface area (Å²) in [4.78, 5) is 8.50. The van der Waals surface area contributed by atoms with Crippen molar-refractivity contribution in [3.63, 3.8) is 0 Å². The Morgan fingerprint density at radius 1 is 0.689 bits per heavy atom. The van der Waals surface area contributed by atoms with Crippen molar-refractivity contribution in [1.82, 2.24) is 9.97 Å². The normalized spacial score (nSPS) is 11.5. The zero-order valence-corrected chi connectivity index (χ0v) is 23.6. The van der Waals surface area contributed by atoms with Crippen molar-refractivity contribution >= 4 is 11.6 Å². The van der Waals surface area contributed by atoms with E-state index in [9.17, 15) is 26.3 Å². The molecule has 230 valence electrons. The van der Waals surface area contributed by atoms with E-state index in [1.165, 1.54) is 18.2 Å². The van der Waals surface area contributed by atoms with E-state index >= 15 is 8.78 Å². The zero-order chi connectivity index (χ0) is 32.5. The zero-order valence-electron chi connectivity index (χ0n) is 22.8. The van der Waals surface area contributed by atoms with E-state index in [1.807, 2.05) is 0 Å². The van der Waals surface area contributed by atoms with Gasteiger partial charge in [-0.05, 0) is 53.8 Å². The molecular weight excluding hydrogens is 628 g/mol. The molecule has 5 rings (SSSR count). The number of aromatic nitrogens is 2. The molecule has 0 saturated heterocycles. The topological polar surface area (TPSA) is 35.0 Å². The highest BCUT2D eigenvalue weighted by atomic mass is 35.5. The summed E-state index contributed by atoms with van der Waals surface area (Å²) in [6, 6.07) is 8.92. The molecule has 5 aromatic rings. The third-order valence-corrected chi connectivity index (χ3v) is 7.06. The molecular formula is C33H19ClF8N2O. The number of aryl methyl sites for hydroxylation is 1. The Morgan fingerprint density at radius 3 is 1.76 bits per heavy atom. The van der Waals surface area contributed by atoms with Crippen LogP contribution >= 0.6 is 11.6 Å². The summed E-state index contributed by atoms with van der Waals surface area (Å²) in [6.07, 6.45) is 1.74. The van der Waals surface area contributed by atoms with Gasteiger partial charge in [0.2, 0.25) is 0 Å². The van der Waals surface area contributed by atoms with Gasteiger partial charge in [-0.25, -0.2) is 36.3 Å². The van der Waals surface area contributed by atoms with Gasteiger partial charge in [0, 0.05) is 41.2 Å². The average molecular weight is 647 g/mol. The van der Waals surface area contributed by atoms with Gasteiger partial charge in [-0.15, -0.1) is 6.58 Å². The van der Waals surface area contributed by atoms with Crippen molar-refractivity contribution in [1.29, 1.82) is 0 Å². The Bertz CT molecular complexity index is 1870. The van der Waals surface area contributed by atoms with E-state index in [1.54, 1.807) is 24.5 Å². The lowest BCUT2D eigenvalue weighted by Gasteiger charge is -2.20. The van der Waals surface area contributed by atoms with Crippen LogP contribution in [0.1, 0.15) is 17.5 Å². The molecule has 0 spiro atoms. The highest BCUT2D eigenvalue weighted by Gasteiger charge is 2.41. The first-order valence-electron chi connectivity index (χ1n) is 13.1. The van der Waals surface area contributed by atoms with Gasteiger partial charge in [0.25, 0.3) is 0 Å². The molecule has 0 saturated carbocycles. The van der Waals surface area contributed by atoms with Crippen LogP contribution in [0.5, 0.6) is 5.75 Å². The molecule has 12 heteroatoms. The summed E-state index contributed by atoms with van der Waals surface area (Å²) in [7, 11) is 0. The number of halogens is 9. The summed E-state index contributed by atoms with van der Waals surface area (Å²) >= 11 is 5.31. The maximum atomic E-state index is 15.2. The van der Waals surface area contributed by atoms with E-state index in [0.717, 1.165) is 24.1 Å². The molecule has 1 heterocycles. The van der Waals surface area contributed by atoms with Crippen LogP contribution in [0.4, 0.5) is 35.1 Å². The van der Waals surface area contributed by atoms with E-state index in [-0.39, 0.29) is 22.5 Å². The minimum Gasteiger partial charge on any atom is -0.429 e. The molecule has 1 aromatic heterocycles. The Hall–Kier alpha value is -4.77. The van der Waals surface area contributed by atoms with Gasteiger partial charge in [0.15, 0.2) is 5.82 Å². The van der Waals surface area contributed by atoms with Gasteiger partial charge in [-0.3, -0.25) is 0 Å². The maximum absolute atomic E-state index is 15.2. The van der Waals surface area contributed by atoms with Gasteiger partial charge in [-0.2, -0.15) is 8.78 Å². The quantitative estimate of drug-likeness (QED) is 0.0908. The Morgan fingerprint density at radius 2 is 1.20 bits per heavy atom. The lowest BCUT2D eigenvalue weighted by molar-refractivity contribution is -0.189. The van der Waals surface area contributed by atoms with Crippen LogP contribution in [0, 0.1) is 34.9 Å². The van der Waals surface area contributed by atoms with Crippen molar-refractivity contribution in [2.24, 2.45) is 0 Å². The summed E-state index contributed by atoms with van der Waals surface area (Å²) in [5.74, 6) is -9.09. The van der Waals surface area contributed by atoms with E-state index in [2.05, 4.69) is 21.3 Å². The first-order chi connectivity index (χ1) is 21.4. The molecule has 4 aromatic carbocycles. The number of hydrogen-bond donors (Lipinski definition) is 0. The maximum Gasteiger partial charge on any atom is 0.432 e. The summed E-state index contributed by atoms with van der Waals surface area (Å²) in [5.41, 5.74) is -1.36. The molecule has 0 radical (unpaired) electrons. The highest BCUT2D eigenvalue weighted by molar-refractivity contribution is 6.30. The molecule has 0 bridgehead atoms. The lowest BCUT2D eigenvalue weighted by atomic mass is 9.97. The molecule has 0 atom stereocenters. The second-order valence-electron chi connectivity index (χ2n) is 9.77. The van der Waals surface area contributed by atoms with Crippen molar-refractivity contribution in [2.75, 3.05) is 0 Å². The van der Waals surface area contributed by atoms with Gasteiger partial charge >= 0.3 is 6.11 Å². The van der Waals surface area contributed by atoms with Crippen LogP contribution in [-0.2, 0) is 12.5 Å². The molecule has 0 aliphatic rings. The smallest absolute Gasteiger partial charge is 0.429 e. The fourth-order valence-electron chi connectivity index (χ4n) is 4.50. The van der Waals surface area contributed by atoms with Crippen molar-refractivity contribution in [3.05, 3.63) is 137 Å². The number of alkyl halides is 2. The first kappa shape index (κ1) is 31.6. The Balaban J connectivity index is 1.39. The van der Waals surface area contributed by atoms with Crippen molar-refractivity contribution in [2.45, 2.75) is 19.0 Å². The van der Waals surface area contributed by atoms with E-state index < -0.39 is 62.9 Å². The predicted octanol–water partition coefficient (Wildman–Crippen LogP) is 10.2. The monoisotopic (exact) mass is 646 g/mol. The number of hydrogen-bond acceptors (Lipinski definition) is 3. The van der Waals surface area contributed by atoms with Crippen LogP contribution in [-0.4, -0.2) is 9.97 Å². The number of ether oxygens (including phenoxy) is 1. The van der Waals surface area contributed by atoms with Gasteiger partial charge in [0.05, 0.1) is 0 Å². The minimum absolute atomic E-state index is 0.00590. The lowest BCUT2D eigenvalue weighted by Crippen LogP contribution is -2.25. The molecule has 0 N–H and O–H groups in total. The van der Waals surface area contributed by atoms with Gasteiger partial charge < -0.3 is 4.74 Å². The van der Waals surface area contributed by atoms with Crippen LogP contribution < -0.4 is 4.74 Å². The number of nitrogens with zero attached hydrogens (tertiary/aromatic N) is 2.